The van der Waals surface area contributed by atoms with Crippen LogP contribution in [0.2, 0.25) is 0 Å². The molecule has 122 valence electrons. The summed E-state index contributed by atoms with van der Waals surface area (Å²) in [7, 11) is 1.61. The van der Waals surface area contributed by atoms with Gasteiger partial charge in [-0.25, -0.2) is 8.78 Å². The fraction of sp³-hybridized carbons (Fsp3) is 0.467. The normalized spacial score (nSPS) is 11.4. The van der Waals surface area contributed by atoms with Gasteiger partial charge in [-0.2, -0.15) is 0 Å². The highest BCUT2D eigenvalue weighted by atomic mass is 19.1. The second kappa shape index (κ2) is 7.31. The first-order valence-corrected chi connectivity index (χ1v) is 6.81. The number of amides is 2. The largest absolute Gasteiger partial charge is 0.350 e. The molecule has 0 saturated heterocycles. The summed E-state index contributed by atoms with van der Waals surface area (Å²) in [6.45, 7) is 5.54. The van der Waals surface area contributed by atoms with Gasteiger partial charge in [0.25, 0.3) is 0 Å². The van der Waals surface area contributed by atoms with Gasteiger partial charge in [-0.15, -0.1) is 0 Å². The van der Waals surface area contributed by atoms with Crippen LogP contribution < -0.4 is 10.6 Å². The Morgan fingerprint density at radius 1 is 1.05 bits per heavy atom. The van der Waals surface area contributed by atoms with E-state index in [2.05, 4.69) is 10.6 Å². The minimum absolute atomic E-state index is 0.0371. The lowest BCUT2D eigenvalue weighted by molar-refractivity contribution is -0.124. The Labute approximate surface area is 128 Å². The maximum absolute atomic E-state index is 13.0. The number of halogens is 2. The minimum Gasteiger partial charge on any atom is -0.350 e. The number of nitrogens with one attached hydrogen (secondary N) is 2. The summed E-state index contributed by atoms with van der Waals surface area (Å²) in [5, 5.41) is 5.16. The van der Waals surface area contributed by atoms with E-state index in [1.807, 2.05) is 20.8 Å². The van der Waals surface area contributed by atoms with E-state index >= 15 is 0 Å². The highest BCUT2D eigenvalue weighted by molar-refractivity contribution is 5.92. The summed E-state index contributed by atoms with van der Waals surface area (Å²) in [5.74, 6) is -2.21. The molecule has 0 aliphatic rings. The van der Waals surface area contributed by atoms with Crippen molar-refractivity contribution >= 4 is 17.5 Å². The van der Waals surface area contributed by atoms with Gasteiger partial charge in [-0.3, -0.25) is 14.5 Å². The number of carbonyl (C=O) groups excluding carboxylic acids is 2. The van der Waals surface area contributed by atoms with Crippen LogP contribution in [0.1, 0.15) is 20.8 Å². The maximum atomic E-state index is 13.0. The van der Waals surface area contributed by atoms with E-state index in [1.54, 1.807) is 7.05 Å². The zero-order valence-electron chi connectivity index (χ0n) is 13.2. The summed E-state index contributed by atoms with van der Waals surface area (Å²) >= 11 is 0. The topological polar surface area (TPSA) is 61.4 Å². The molecule has 1 aromatic carbocycles. The molecule has 22 heavy (non-hydrogen) atoms. The molecule has 0 bridgehead atoms. The molecule has 0 fully saturated rings. The predicted molar refractivity (Wildman–Crippen MR) is 80.4 cm³/mol. The molecule has 2 N–H and O–H groups in total. The van der Waals surface area contributed by atoms with Crippen molar-refractivity contribution in [2.24, 2.45) is 0 Å². The third-order valence-electron chi connectivity index (χ3n) is 2.49. The summed E-state index contributed by atoms with van der Waals surface area (Å²) in [5.41, 5.74) is -0.311. The van der Waals surface area contributed by atoms with Crippen LogP contribution in [0.25, 0.3) is 0 Å². The number of anilines is 1. The molecule has 0 unspecified atom stereocenters. The second-order valence-electron chi connectivity index (χ2n) is 6.18. The van der Waals surface area contributed by atoms with E-state index in [9.17, 15) is 18.4 Å². The quantitative estimate of drug-likeness (QED) is 0.870. The SMILES string of the molecule is CN(CC(=O)Nc1cc(F)cc(F)c1)CC(=O)NC(C)(C)C. The molecule has 7 heteroatoms. The van der Waals surface area contributed by atoms with Crippen LogP contribution in [0.3, 0.4) is 0 Å². The van der Waals surface area contributed by atoms with Crippen molar-refractivity contribution in [2.45, 2.75) is 26.3 Å². The lowest BCUT2D eigenvalue weighted by Gasteiger charge is -2.23. The third kappa shape index (κ3) is 7.12. The van der Waals surface area contributed by atoms with E-state index in [0.717, 1.165) is 18.2 Å². The first-order chi connectivity index (χ1) is 10.0. The number of nitrogens with zero attached hydrogens (tertiary/aromatic N) is 1. The molecule has 0 aromatic heterocycles. The summed E-state index contributed by atoms with van der Waals surface area (Å²) in [6, 6.07) is 2.76. The van der Waals surface area contributed by atoms with Gasteiger partial charge in [-0.05, 0) is 40.0 Å². The first-order valence-electron chi connectivity index (χ1n) is 6.81. The molecule has 5 nitrogen and oxygen atoms in total. The Balaban J connectivity index is 2.49. The fourth-order valence-corrected chi connectivity index (χ4v) is 1.83. The molecule has 0 aliphatic heterocycles. The molecule has 0 spiro atoms. The second-order valence-corrected chi connectivity index (χ2v) is 6.18. The van der Waals surface area contributed by atoms with Crippen molar-refractivity contribution < 1.29 is 18.4 Å². The smallest absolute Gasteiger partial charge is 0.238 e. The lowest BCUT2D eigenvalue weighted by Crippen LogP contribution is -2.46. The number of hydrogen-bond donors (Lipinski definition) is 2. The third-order valence-corrected chi connectivity index (χ3v) is 2.49. The van der Waals surface area contributed by atoms with E-state index in [1.165, 1.54) is 4.90 Å². The first kappa shape index (κ1) is 18.0. The highest BCUT2D eigenvalue weighted by Gasteiger charge is 2.16. The van der Waals surface area contributed by atoms with Crippen LogP contribution in [0.5, 0.6) is 0 Å². The molecular formula is C15H21F2N3O2. The van der Waals surface area contributed by atoms with Crippen molar-refractivity contribution in [1.29, 1.82) is 0 Å². The number of rotatable bonds is 5. The van der Waals surface area contributed by atoms with Gasteiger partial charge in [0.05, 0.1) is 13.1 Å². The molecular weight excluding hydrogens is 292 g/mol. The Morgan fingerprint density at radius 3 is 2.05 bits per heavy atom. The van der Waals surface area contributed by atoms with Gasteiger partial charge in [0.2, 0.25) is 11.8 Å². The van der Waals surface area contributed by atoms with Crippen LogP contribution in [0.15, 0.2) is 18.2 Å². The molecule has 0 saturated carbocycles. The number of benzene rings is 1. The van der Waals surface area contributed by atoms with Gasteiger partial charge < -0.3 is 10.6 Å². The van der Waals surface area contributed by atoms with Crippen molar-refractivity contribution in [1.82, 2.24) is 10.2 Å². The molecule has 1 rings (SSSR count). The number of hydrogen-bond acceptors (Lipinski definition) is 3. The Kier molecular flexibility index (Phi) is 5.99. The van der Waals surface area contributed by atoms with Crippen LogP contribution in [-0.2, 0) is 9.59 Å². The summed E-state index contributed by atoms with van der Waals surface area (Å²) in [4.78, 5) is 25.0. The lowest BCUT2D eigenvalue weighted by atomic mass is 10.1. The zero-order chi connectivity index (χ0) is 16.9. The zero-order valence-corrected chi connectivity index (χ0v) is 13.2. The number of likely N-dealkylation sites (N-methyl/N-ethyl adjacent to an activating group) is 1. The average Bonchev–Trinajstić information content (AvgIpc) is 2.22. The Hall–Kier alpha value is -2.02. The van der Waals surface area contributed by atoms with Gasteiger partial charge in [0.15, 0.2) is 0 Å². The molecule has 1 aromatic rings. The minimum atomic E-state index is -0.770. The van der Waals surface area contributed by atoms with Gasteiger partial charge in [0.1, 0.15) is 11.6 Å². The maximum Gasteiger partial charge on any atom is 0.238 e. The van der Waals surface area contributed by atoms with Crippen molar-refractivity contribution in [3.8, 4) is 0 Å². The fourth-order valence-electron chi connectivity index (χ4n) is 1.83. The molecule has 0 atom stereocenters. The van der Waals surface area contributed by atoms with Gasteiger partial charge in [-0.1, -0.05) is 0 Å². The Morgan fingerprint density at radius 2 is 1.55 bits per heavy atom. The van der Waals surface area contributed by atoms with Crippen molar-refractivity contribution in [2.75, 3.05) is 25.5 Å². The van der Waals surface area contributed by atoms with E-state index in [-0.39, 0.29) is 30.2 Å². The molecule has 0 aliphatic carbocycles. The predicted octanol–water partition coefficient (Wildman–Crippen LogP) is 1.75. The van der Waals surface area contributed by atoms with Gasteiger partial charge >= 0.3 is 0 Å². The van der Waals surface area contributed by atoms with Crippen molar-refractivity contribution in [3.63, 3.8) is 0 Å². The average molecular weight is 313 g/mol. The highest BCUT2D eigenvalue weighted by Crippen LogP contribution is 2.12. The van der Waals surface area contributed by atoms with Crippen LogP contribution in [-0.4, -0.2) is 42.4 Å². The molecule has 2 amide bonds. The van der Waals surface area contributed by atoms with Crippen LogP contribution >= 0.6 is 0 Å². The Bertz CT molecular complexity index is 536. The van der Waals surface area contributed by atoms with Crippen LogP contribution in [0, 0.1) is 11.6 Å². The van der Waals surface area contributed by atoms with E-state index in [4.69, 9.17) is 0 Å². The van der Waals surface area contributed by atoms with Crippen LogP contribution in [0.4, 0.5) is 14.5 Å². The summed E-state index contributed by atoms with van der Waals surface area (Å²) < 4.78 is 26.0. The monoisotopic (exact) mass is 313 g/mol. The van der Waals surface area contributed by atoms with E-state index < -0.39 is 17.5 Å². The van der Waals surface area contributed by atoms with Crippen molar-refractivity contribution in [3.05, 3.63) is 29.8 Å². The molecule has 0 radical (unpaired) electrons. The number of carbonyl (C=O) groups is 2. The van der Waals surface area contributed by atoms with E-state index in [0.29, 0.717) is 0 Å². The standard InChI is InChI=1S/C15H21F2N3O2/c1-15(2,3)19-14(22)9-20(4)8-13(21)18-12-6-10(16)5-11(17)7-12/h5-7H,8-9H2,1-4H3,(H,18,21)(H,19,22). The van der Waals surface area contributed by atoms with Gasteiger partial charge in [0, 0.05) is 17.3 Å². The molecule has 0 heterocycles. The summed E-state index contributed by atoms with van der Waals surface area (Å²) in [6.07, 6.45) is 0.